The Kier molecular flexibility index (Phi) is 3.27. The van der Waals surface area contributed by atoms with Crippen molar-refractivity contribution in [3.63, 3.8) is 0 Å². The van der Waals surface area contributed by atoms with Gasteiger partial charge in [-0.3, -0.25) is 4.79 Å². The van der Waals surface area contributed by atoms with Gasteiger partial charge < -0.3 is 10.4 Å². The van der Waals surface area contributed by atoms with Crippen LogP contribution >= 0.6 is 0 Å². The predicted molar refractivity (Wildman–Crippen MR) is 51.4 cm³/mol. The van der Waals surface area contributed by atoms with E-state index in [1.165, 1.54) is 0 Å². The maximum Gasteiger partial charge on any atom is 0.269 e. The molecule has 0 spiro atoms. The molecule has 0 saturated heterocycles. The summed E-state index contributed by atoms with van der Waals surface area (Å²) in [4.78, 5) is 11.2. The number of nitriles is 1. The van der Waals surface area contributed by atoms with Crippen molar-refractivity contribution in [2.45, 2.75) is 0 Å². The average molecular weight is 188 g/mol. The van der Waals surface area contributed by atoms with Crippen molar-refractivity contribution in [1.82, 2.24) is 0 Å². The maximum absolute atomic E-state index is 11.2. The molecule has 2 N–H and O–H groups in total. The van der Waals surface area contributed by atoms with Crippen molar-refractivity contribution in [3.05, 3.63) is 42.2 Å². The third-order valence-electron chi connectivity index (χ3n) is 1.53. The van der Waals surface area contributed by atoms with Crippen molar-refractivity contribution in [3.8, 4) is 6.07 Å². The Morgan fingerprint density at radius 1 is 1.43 bits per heavy atom. The third kappa shape index (κ3) is 2.35. The monoisotopic (exact) mass is 188 g/mol. The van der Waals surface area contributed by atoms with Crippen LogP contribution in [0, 0.1) is 11.3 Å². The molecule has 4 heteroatoms. The maximum atomic E-state index is 11.2. The number of benzene rings is 1. The summed E-state index contributed by atoms with van der Waals surface area (Å²) in [6, 6.07) is 10.3. The molecule has 0 radical (unpaired) electrons. The Morgan fingerprint density at radius 2 is 2.07 bits per heavy atom. The lowest BCUT2D eigenvalue weighted by Crippen LogP contribution is -2.13. The van der Waals surface area contributed by atoms with Crippen molar-refractivity contribution < 1.29 is 9.90 Å². The quantitative estimate of drug-likeness (QED) is 0.420. The van der Waals surface area contributed by atoms with Crippen LogP contribution in [-0.4, -0.2) is 11.0 Å². The SMILES string of the molecule is N#C/C(=C\O)C(=O)Nc1ccccc1. The van der Waals surface area contributed by atoms with Crippen molar-refractivity contribution in [2.75, 3.05) is 5.32 Å². The molecule has 0 aliphatic rings. The number of rotatable bonds is 2. The number of aliphatic hydroxyl groups is 1. The number of nitrogens with one attached hydrogen (secondary N) is 1. The van der Waals surface area contributed by atoms with E-state index in [4.69, 9.17) is 10.4 Å². The molecule has 1 rings (SSSR count). The predicted octanol–water partition coefficient (Wildman–Crippen LogP) is 1.59. The van der Waals surface area contributed by atoms with Crippen LogP contribution in [0.1, 0.15) is 0 Å². The number of amides is 1. The third-order valence-corrected chi connectivity index (χ3v) is 1.53. The van der Waals surface area contributed by atoms with E-state index in [0.29, 0.717) is 11.9 Å². The minimum Gasteiger partial charge on any atom is -0.514 e. The van der Waals surface area contributed by atoms with E-state index in [2.05, 4.69) is 5.32 Å². The molecule has 14 heavy (non-hydrogen) atoms. The summed E-state index contributed by atoms with van der Waals surface area (Å²) in [7, 11) is 0. The highest BCUT2D eigenvalue weighted by Gasteiger charge is 2.08. The summed E-state index contributed by atoms with van der Waals surface area (Å²) in [5, 5.41) is 19.4. The summed E-state index contributed by atoms with van der Waals surface area (Å²) >= 11 is 0. The zero-order valence-electron chi connectivity index (χ0n) is 7.27. The van der Waals surface area contributed by atoms with Crippen LogP contribution < -0.4 is 5.32 Å². The van der Waals surface area contributed by atoms with Gasteiger partial charge in [-0.2, -0.15) is 5.26 Å². The Bertz CT molecular complexity index is 390. The van der Waals surface area contributed by atoms with Gasteiger partial charge in [-0.25, -0.2) is 0 Å². The van der Waals surface area contributed by atoms with Crippen LogP contribution in [0.4, 0.5) is 5.69 Å². The molecule has 1 aromatic carbocycles. The first-order valence-corrected chi connectivity index (χ1v) is 3.89. The number of aliphatic hydroxyl groups excluding tert-OH is 1. The fraction of sp³-hybridized carbons (Fsp3) is 0. The van der Waals surface area contributed by atoms with Crippen LogP contribution in [0.3, 0.4) is 0 Å². The Hall–Kier alpha value is -2.28. The molecular formula is C10H8N2O2. The van der Waals surface area contributed by atoms with Gasteiger partial charge in [-0.05, 0) is 12.1 Å². The summed E-state index contributed by atoms with van der Waals surface area (Å²) in [5.41, 5.74) is 0.251. The highest BCUT2D eigenvalue weighted by Crippen LogP contribution is 2.06. The Labute approximate surface area is 81.1 Å². The molecule has 1 amide bonds. The first-order chi connectivity index (χ1) is 6.77. The fourth-order valence-electron chi connectivity index (χ4n) is 0.858. The normalized spacial score (nSPS) is 10.4. The lowest BCUT2D eigenvalue weighted by Gasteiger charge is -2.01. The molecule has 70 valence electrons. The van der Waals surface area contributed by atoms with E-state index in [1.54, 1.807) is 30.3 Å². The zero-order chi connectivity index (χ0) is 10.4. The minimum atomic E-state index is -0.624. The highest BCUT2D eigenvalue weighted by molar-refractivity contribution is 6.06. The van der Waals surface area contributed by atoms with Crippen molar-refractivity contribution >= 4 is 11.6 Å². The minimum absolute atomic E-state index is 0.325. The highest BCUT2D eigenvalue weighted by atomic mass is 16.2. The molecule has 0 aliphatic heterocycles. The molecule has 0 saturated carbocycles. The fourth-order valence-corrected chi connectivity index (χ4v) is 0.858. The smallest absolute Gasteiger partial charge is 0.269 e. The first kappa shape index (κ1) is 9.81. The van der Waals surface area contributed by atoms with E-state index in [9.17, 15) is 4.79 Å². The molecule has 0 unspecified atom stereocenters. The molecule has 0 aliphatic carbocycles. The van der Waals surface area contributed by atoms with Gasteiger partial charge in [0.25, 0.3) is 5.91 Å². The van der Waals surface area contributed by atoms with Crippen LogP contribution in [0.5, 0.6) is 0 Å². The van der Waals surface area contributed by atoms with Gasteiger partial charge in [0, 0.05) is 5.69 Å². The topological polar surface area (TPSA) is 73.1 Å². The molecule has 1 aromatic rings. The van der Waals surface area contributed by atoms with E-state index in [-0.39, 0.29) is 5.57 Å². The van der Waals surface area contributed by atoms with Crippen molar-refractivity contribution in [2.24, 2.45) is 0 Å². The molecule has 0 atom stereocenters. The molecular weight excluding hydrogens is 180 g/mol. The molecule has 0 aromatic heterocycles. The number of hydrogen-bond donors (Lipinski definition) is 2. The van der Waals surface area contributed by atoms with Crippen LogP contribution in [0.2, 0.25) is 0 Å². The summed E-state index contributed by atoms with van der Waals surface area (Å²) in [5.74, 6) is -0.624. The van der Waals surface area contributed by atoms with Gasteiger partial charge in [0.2, 0.25) is 0 Å². The average Bonchev–Trinajstić information content (AvgIpc) is 2.21. The van der Waals surface area contributed by atoms with E-state index in [1.807, 2.05) is 6.07 Å². The second-order valence-electron chi connectivity index (χ2n) is 2.47. The van der Waals surface area contributed by atoms with Gasteiger partial charge in [-0.15, -0.1) is 0 Å². The molecule has 0 heterocycles. The van der Waals surface area contributed by atoms with Gasteiger partial charge >= 0.3 is 0 Å². The van der Waals surface area contributed by atoms with Crippen LogP contribution in [-0.2, 0) is 4.79 Å². The standard InChI is InChI=1S/C10H8N2O2/c11-6-8(7-13)10(14)12-9-4-2-1-3-5-9/h1-5,7,13H,(H,12,14)/b8-7+. The number of carbonyl (C=O) groups excluding carboxylic acids is 1. The Morgan fingerprint density at radius 3 is 2.57 bits per heavy atom. The van der Waals surface area contributed by atoms with E-state index in [0.717, 1.165) is 0 Å². The summed E-state index contributed by atoms with van der Waals surface area (Å²) in [6.07, 6.45) is 0.484. The first-order valence-electron chi connectivity index (χ1n) is 3.89. The number of para-hydroxylation sites is 1. The van der Waals surface area contributed by atoms with Gasteiger partial charge in [0.05, 0.1) is 0 Å². The lowest BCUT2D eigenvalue weighted by atomic mass is 10.2. The van der Waals surface area contributed by atoms with Crippen molar-refractivity contribution in [1.29, 1.82) is 5.26 Å². The zero-order valence-corrected chi connectivity index (χ0v) is 7.27. The Balaban J connectivity index is 2.73. The molecule has 0 fully saturated rings. The molecule has 4 nitrogen and oxygen atoms in total. The van der Waals surface area contributed by atoms with Gasteiger partial charge in [-0.1, -0.05) is 18.2 Å². The summed E-state index contributed by atoms with van der Waals surface area (Å²) in [6.45, 7) is 0. The van der Waals surface area contributed by atoms with E-state index >= 15 is 0 Å². The number of anilines is 1. The lowest BCUT2D eigenvalue weighted by molar-refractivity contribution is -0.112. The van der Waals surface area contributed by atoms with Gasteiger partial charge in [0.15, 0.2) is 5.57 Å². The van der Waals surface area contributed by atoms with E-state index < -0.39 is 5.91 Å². The number of hydrogen-bond acceptors (Lipinski definition) is 3. The molecule has 0 bridgehead atoms. The van der Waals surface area contributed by atoms with Crippen LogP contribution in [0.25, 0.3) is 0 Å². The second-order valence-corrected chi connectivity index (χ2v) is 2.47. The largest absolute Gasteiger partial charge is 0.514 e. The van der Waals surface area contributed by atoms with Crippen LogP contribution in [0.15, 0.2) is 42.2 Å². The second kappa shape index (κ2) is 4.67. The van der Waals surface area contributed by atoms with Gasteiger partial charge in [0.1, 0.15) is 12.3 Å². The number of nitrogens with zero attached hydrogens (tertiary/aromatic N) is 1. The number of carbonyl (C=O) groups is 1. The summed E-state index contributed by atoms with van der Waals surface area (Å²) < 4.78 is 0.